The van der Waals surface area contributed by atoms with Crippen molar-refractivity contribution in [3.05, 3.63) is 65.9 Å². The number of hydrogen-bond acceptors (Lipinski definition) is 5. The van der Waals surface area contributed by atoms with Gasteiger partial charge in [-0.15, -0.1) is 0 Å². The minimum Gasteiger partial charge on any atom is -0.497 e. The van der Waals surface area contributed by atoms with Crippen LogP contribution in [0.15, 0.2) is 54.7 Å². The third-order valence-corrected chi connectivity index (χ3v) is 8.84. The molecule has 6 nitrogen and oxygen atoms in total. The number of ether oxygens (including phenoxy) is 1. The molecule has 0 radical (unpaired) electrons. The maximum Gasteiger partial charge on any atom is 0.252 e. The van der Waals surface area contributed by atoms with E-state index in [-0.39, 0.29) is 11.9 Å². The van der Waals surface area contributed by atoms with Gasteiger partial charge in [-0.05, 0) is 93.3 Å². The quantitative estimate of drug-likeness (QED) is 0.515. The molecule has 3 heterocycles. The molecule has 0 spiro atoms. The number of carbonyl (C=O) groups excluding carboxylic acids is 1. The second-order valence-corrected chi connectivity index (χ2v) is 11.0. The molecule has 1 aliphatic carbocycles. The van der Waals surface area contributed by atoms with E-state index >= 15 is 0 Å². The van der Waals surface area contributed by atoms with Crippen molar-refractivity contribution >= 4 is 22.5 Å². The monoisotopic (exact) mass is 498 g/mol. The van der Waals surface area contributed by atoms with Crippen molar-refractivity contribution in [1.29, 1.82) is 0 Å². The molecule has 0 bridgehead atoms. The van der Waals surface area contributed by atoms with Crippen LogP contribution in [0.2, 0.25) is 0 Å². The molecular formula is C31H38N4O2. The smallest absolute Gasteiger partial charge is 0.252 e. The first-order chi connectivity index (χ1) is 18.2. The Kier molecular flexibility index (Phi) is 7.01. The van der Waals surface area contributed by atoms with Gasteiger partial charge in [0.25, 0.3) is 5.91 Å². The van der Waals surface area contributed by atoms with E-state index in [1.165, 1.54) is 50.0 Å². The number of methoxy groups -OCH3 is 1. The number of para-hydroxylation sites is 1. The van der Waals surface area contributed by atoms with Gasteiger partial charge in [0.2, 0.25) is 0 Å². The minimum atomic E-state index is 0.0346. The number of nitrogens with one attached hydrogen (secondary N) is 1. The van der Waals surface area contributed by atoms with Gasteiger partial charge in [-0.1, -0.05) is 18.2 Å². The van der Waals surface area contributed by atoms with Crippen molar-refractivity contribution in [2.24, 2.45) is 5.92 Å². The Labute approximate surface area is 220 Å². The number of anilines is 1. The van der Waals surface area contributed by atoms with Gasteiger partial charge >= 0.3 is 0 Å². The summed E-state index contributed by atoms with van der Waals surface area (Å²) in [4.78, 5) is 22.7. The van der Waals surface area contributed by atoms with Gasteiger partial charge in [-0.25, -0.2) is 0 Å². The number of nitrogens with zero attached hydrogens (tertiary/aromatic N) is 3. The lowest BCUT2D eigenvalue weighted by atomic mass is 9.83. The predicted molar refractivity (Wildman–Crippen MR) is 148 cm³/mol. The molecule has 194 valence electrons. The van der Waals surface area contributed by atoms with E-state index < -0.39 is 0 Å². The summed E-state index contributed by atoms with van der Waals surface area (Å²) in [6.07, 6.45) is 9.96. The Morgan fingerprint density at radius 3 is 2.78 bits per heavy atom. The molecule has 3 aromatic rings. The maximum absolute atomic E-state index is 13.0. The molecule has 1 N–H and O–H groups in total. The van der Waals surface area contributed by atoms with Gasteiger partial charge in [-0.3, -0.25) is 14.7 Å². The standard InChI is InChI=1S/C31H38N4O2/c1-37-26-12-13-30-23(20-26)8-11-25-21-34(18-19-35(25)30)17-15-22-6-9-24(10-7-22)33-31(36)28-14-16-32-29-5-3-2-4-27(28)29/h2-5,12-14,16,20,22,24-25H,6-11,15,17-19,21H2,1H3,(H,33,36). The Balaban J connectivity index is 0.963. The summed E-state index contributed by atoms with van der Waals surface area (Å²) in [6.45, 7) is 4.64. The third-order valence-electron chi connectivity index (χ3n) is 8.84. The van der Waals surface area contributed by atoms with Crippen molar-refractivity contribution < 1.29 is 9.53 Å². The molecule has 3 aliphatic rings. The first-order valence-corrected chi connectivity index (χ1v) is 14.0. The molecule has 37 heavy (non-hydrogen) atoms. The van der Waals surface area contributed by atoms with Crippen LogP contribution in [0.4, 0.5) is 5.69 Å². The largest absolute Gasteiger partial charge is 0.497 e. The third kappa shape index (κ3) is 5.17. The Morgan fingerprint density at radius 1 is 1.05 bits per heavy atom. The molecule has 1 aromatic heterocycles. The number of aryl methyl sites for hydroxylation is 1. The lowest BCUT2D eigenvalue weighted by Gasteiger charge is -2.46. The molecule has 1 saturated heterocycles. The number of piperazine rings is 1. The van der Waals surface area contributed by atoms with Crippen LogP contribution in [-0.4, -0.2) is 61.2 Å². The molecule has 6 rings (SSSR count). The first kappa shape index (κ1) is 24.2. The zero-order chi connectivity index (χ0) is 25.2. The summed E-state index contributed by atoms with van der Waals surface area (Å²) < 4.78 is 5.43. The van der Waals surface area contributed by atoms with E-state index in [0.29, 0.717) is 6.04 Å². The summed E-state index contributed by atoms with van der Waals surface area (Å²) in [5.41, 5.74) is 4.45. The van der Waals surface area contributed by atoms with Crippen molar-refractivity contribution in [2.45, 2.75) is 57.0 Å². The number of pyridine rings is 1. The molecule has 2 fully saturated rings. The second-order valence-electron chi connectivity index (χ2n) is 11.0. The lowest BCUT2D eigenvalue weighted by molar-refractivity contribution is 0.0921. The van der Waals surface area contributed by atoms with Crippen LogP contribution < -0.4 is 15.0 Å². The van der Waals surface area contributed by atoms with E-state index in [4.69, 9.17) is 4.74 Å². The molecule has 1 unspecified atom stereocenters. The number of aromatic nitrogens is 1. The molecule has 1 atom stereocenters. The van der Waals surface area contributed by atoms with Crippen LogP contribution >= 0.6 is 0 Å². The fourth-order valence-corrected chi connectivity index (χ4v) is 6.70. The number of fused-ring (bicyclic) bond motifs is 4. The fraction of sp³-hybridized carbons (Fsp3) is 0.484. The predicted octanol–water partition coefficient (Wildman–Crippen LogP) is 5.06. The van der Waals surface area contributed by atoms with Crippen LogP contribution in [-0.2, 0) is 6.42 Å². The zero-order valence-corrected chi connectivity index (χ0v) is 21.9. The molecule has 1 amide bonds. The van der Waals surface area contributed by atoms with Crippen molar-refractivity contribution in [2.75, 3.05) is 38.2 Å². The summed E-state index contributed by atoms with van der Waals surface area (Å²) in [5, 5.41) is 4.24. The number of carbonyl (C=O) groups is 1. The summed E-state index contributed by atoms with van der Waals surface area (Å²) in [7, 11) is 1.75. The average Bonchev–Trinajstić information content (AvgIpc) is 2.95. The van der Waals surface area contributed by atoms with Gasteiger partial charge < -0.3 is 15.0 Å². The summed E-state index contributed by atoms with van der Waals surface area (Å²) in [5.74, 6) is 1.77. The van der Waals surface area contributed by atoms with Gasteiger partial charge in [0.1, 0.15) is 5.75 Å². The van der Waals surface area contributed by atoms with Crippen LogP contribution in [0.25, 0.3) is 10.9 Å². The Hall–Kier alpha value is -3.12. The van der Waals surface area contributed by atoms with E-state index in [9.17, 15) is 4.79 Å². The van der Waals surface area contributed by atoms with Gasteiger partial charge in [0.15, 0.2) is 0 Å². The zero-order valence-electron chi connectivity index (χ0n) is 21.9. The maximum atomic E-state index is 13.0. The molecule has 6 heteroatoms. The van der Waals surface area contributed by atoms with Gasteiger partial charge in [0, 0.05) is 49.0 Å². The van der Waals surface area contributed by atoms with Crippen LogP contribution in [0, 0.1) is 5.92 Å². The highest BCUT2D eigenvalue weighted by molar-refractivity contribution is 6.06. The van der Waals surface area contributed by atoms with Crippen molar-refractivity contribution in [3.8, 4) is 5.75 Å². The topological polar surface area (TPSA) is 57.7 Å². The Bertz CT molecular complexity index is 1250. The summed E-state index contributed by atoms with van der Waals surface area (Å²) in [6, 6.07) is 17.2. The number of rotatable bonds is 6. The molecule has 2 aliphatic heterocycles. The highest BCUT2D eigenvalue weighted by atomic mass is 16.5. The van der Waals surface area contributed by atoms with Crippen molar-refractivity contribution in [1.82, 2.24) is 15.2 Å². The second kappa shape index (κ2) is 10.7. The normalized spacial score (nSPS) is 23.8. The molecule has 1 saturated carbocycles. The minimum absolute atomic E-state index is 0.0346. The van der Waals surface area contributed by atoms with E-state index in [1.54, 1.807) is 13.3 Å². The highest BCUT2D eigenvalue weighted by Crippen LogP contribution is 2.35. The van der Waals surface area contributed by atoms with E-state index in [0.717, 1.165) is 60.5 Å². The lowest BCUT2D eigenvalue weighted by Crippen LogP contribution is -2.55. The average molecular weight is 499 g/mol. The number of amides is 1. The highest BCUT2D eigenvalue weighted by Gasteiger charge is 2.32. The van der Waals surface area contributed by atoms with Crippen molar-refractivity contribution in [3.63, 3.8) is 0 Å². The van der Waals surface area contributed by atoms with Gasteiger partial charge in [0.05, 0.1) is 18.2 Å². The first-order valence-electron chi connectivity index (χ1n) is 14.0. The SMILES string of the molecule is COc1ccc2c(c1)CCC1CN(CCC3CCC(NC(=O)c4ccnc5ccccc45)CC3)CCN21. The van der Waals surface area contributed by atoms with Crippen LogP contribution in [0.1, 0.15) is 54.4 Å². The van der Waals surface area contributed by atoms with Crippen LogP contribution in [0.5, 0.6) is 5.75 Å². The summed E-state index contributed by atoms with van der Waals surface area (Å²) >= 11 is 0. The fourth-order valence-electron chi connectivity index (χ4n) is 6.70. The van der Waals surface area contributed by atoms with E-state index in [1.807, 2.05) is 30.3 Å². The number of benzene rings is 2. The van der Waals surface area contributed by atoms with E-state index in [2.05, 4.69) is 38.3 Å². The van der Waals surface area contributed by atoms with Gasteiger partial charge in [-0.2, -0.15) is 0 Å². The molecule has 2 aromatic carbocycles. The van der Waals surface area contributed by atoms with Crippen LogP contribution in [0.3, 0.4) is 0 Å². The number of hydrogen-bond donors (Lipinski definition) is 1. The Morgan fingerprint density at radius 2 is 1.92 bits per heavy atom. The molecular weight excluding hydrogens is 460 g/mol.